The van der Waals surface area contributed by atoms with Gasteiger partial charge in [-0.3, -0.25) is 4.79 Å². The van der Waals surface area contributed by atoms with Crippen LogP contribution in [-0.4, -0.2) is 21.0 Å². The Morgan fingerprint density at radius 3 is 2.67 bits per heavy atom. The van der Waals surface area contributed by atoms with Gasteiger partial charge in [0.2, 0.25) is 0 Å². The van der Waals surface area contributed by atoms with Gasteiger partial charge in [0.05, 0.1) is 12.2 Å². The molecule has 1 aromatic heterocycles. The van der Waals surface area contributed by atoms with Crippen LogP contribution in [0.1, 0.15) is 34.7 Å². The minimum Gasteiger partial charge on any atom is -0.346 e. The fraction of sp³-hybridized carbons (Fsp3) is 0.375. The number of rotatable bonds is 4. The number of aryl methyl sites for hydroxylation is 2. The fourth-order valence-corrected chi connectivity index (χ4v) is 3.18. The molecule has 0 bridgehead atoms. The fourth-order valence-electron chi connectivity index (χ4n) is 2.64. The number of amides is 1. The van der Waals surface area contributed by atoms with Gasteiger partial charge in [0, 0.05) is 29.6 Å². The van der Waals surface area contributed by atoms with E-state index in [-0.39, 0.29) is 22.6 Å². The number of alkyl halides is 3. The van der Waals surface area contributed by atoms with Crippen LogP contribution in [0.15, 0.2) is 35.4 Å². The van der Waals surface area contributed by atoms with Crippen LogP contribution in [0, 0.1) is 0 Å². The number of aromatic nitrogens is 2. The first-order valence-electron chi connectivity index (χ1n) is 7.60. The number of thioether (sulfide) groups is 1. The van der Waals surface area contributed by atoms with Crippen molar-refractivity contribution in [3.63, 3.8) is 0 Å². The predicted molar refractivity (Wildman–Crippen MR) is 84.7 cm³/mol. The summed E-state index contributed by atoms with van der Waals surface area (Å²) in [5, 5.41) is 2.75. The zero-order chi connectivity index (χ0) is 17.2. The molecule has 0 radical (unpaired) electrons. The molecule has 0 unspecified atom stereocenters. The molecule has 0 saturated heterocycles. The summed E-state index contributed by atoms with van der Waals surface area (Å²) < 4.78 is 38.9. The molecule has 2 aromatic rings. The van der Waals surface area contributed by atoms with Gasteiger partial charge < -0.3 is 9.88 Å². The van der Waals surface area contributed by atoms with Gasteiger partial charge in [-0.15, -0.1) is 0 Å². The van der Waals surface area contributed by atoms with Crippen molar-refractivity contribution in [2.45, 2.75) is 42.8 Å². The van der Waals surface area contributed by atoms with Crippen molar-refractivity contribution in [1.82, 2.24) is 14.9 Å². The Balaban J connectivity index is 1.57. The summed E-state index contributed by atoms with van der Waals surface area (Å²) in [5.41, 5.74) is -3.21. The van der Waals surface area contributed by atoms with Crippen LogP contribution in [0.25, 0.3) is 0 Å². The van der Waals surface area contributed by atoms with Gasteiger partial charge in [0.25, 0.3) is 5.91 Å². The molecule has 0 saturated carbocycles. The average Bonchev–Trinajstić information content (AvgIpc) is 2.94. The predicted octanol–water partition coefficient (Wildman–Crippen LogP) is 3.76. The van der Waals surface area contributed by atoms with E-state index in [1.54, 1.807) is 0 Å². The first-order chi connectivity index (χ1) is 11.4. The number of benzene rings is 1. The van der Waals surface area contributed by atoms with Gasteiger partial charge in [-0.2, -0.15) is 13.2 Å². The molecular weight excluding hydrogens is 339 g/mol. The lowest BCUT2D eigenvalue weighted by Crippen LogP contribution is -2.22. The first-order valence-corrected chi connectivity index (χ1v) is 8.41. The zero-order valence-corrected chi connectivity index (χ0v) is 13.6. The highest BCUT2D eigenvalue weighted by Gasteiger charge is 2.29. The molecule has 4 nitrogen and oxygen atoms in total. The number of hydrogen-bond donors (Lipinski definition) is 1. The summed E-state index contributed by atoms with van der Waals surface area (Å²) in [7, 11) is 0. The van der Waals surface area contributed by atoms with E-state index in [4.69, 9.17) is 0 Å². The molecule has 8 heteroatoms. The van der Waals surface area contributed by atoms with Gasteiger partial charge in [-0.05, 0) is 48.9 Å². The molecule has 128 valence electrons. The van der Waals surface area contributed by atoms with E-state index in [0.717, 1.165) is 37.3 Å². The largest absolute Gasteiger partial charge is 0.446 e. The Morgan fingerprint density at radius 1 is 1.25 bits per heavy atom. The van der Waals surface area contributed by atoms with Gasteiger partial charge in [0.15, 0.2) is 0 Å². The number of hydrogen-bond acceptors (Lipinski definition) is 3. The quantitative estimate of drug-likeness (QED) is 0.850. The van der Waals surface area contributed by atoms with E-state index >= 15 is 0 Å². The maximum atomic E-state index is 12.3. The van der Waals surface area contributed by atoms with Crippen molar-refractivity contribution < 1.29 is 18.0 Å². The molecule has 1 aliphatic heterocycles. The highest BCUT2D eigenvalue weighted by atomic mass is 32.2. The molecule has 0 aliphatic carbocycles. The smallest absolute Gasteiger partial charge is 0.346 e. The summed E-state index contributed by atoms with van der Waals surface area (Å²) >= 11 is -0.198. The summed E-state index contributed by atoms with van der Waals surface area (Å²) in [6.45, 7) is 1.26. The average molecular weight is 355 g/mol. The second kappa shape index (κ2) is 6.88. The van der Waals surface area contributed by atoms with Gasteiger partial charge in [-0.1, -0.05) is 0 Å². The Kier molecular flexibility index (Phi) is 4.84. The summed E-state index contributed by atoms with van der Waals surface area (Å²) in [6.07, 6.45) is 5.16. The van der Waals surface area contributed by atoms with Crippen molar-refractivity contribution >= 4 is 17.7 Å². The lowest BCUT2D eigenvalue weighted by Gasteiger charge is -2.11. The number of carbonyl (C=O) groups is 1. The maximum absolute atomic E-state index is 12.3. The molecule has 0 fully saturated rings. The van der Waals surface area contributed by atoms with E-state index in [1.165, 1.54) is 24.3 Å². The molecule has 1 aromatic carbocycles. The molecule has 2 heterocycles. The summed E-state index contributed by atoms with van der Waals surface area (Å²) in [5.74, 6) is 0.712. The number of nitrogens with one attached hydrogen (secondary N) is 1. The van der Waals surface area contributed by atoms with Crippen molar-refractivity contribution in [1.29, 1.82) is 0 Å². The second-order valence-corrected chi connectivity index (χ2v) is 6.69. The molecule has 0 atom stereocenters. The first kappa shape index (κ1) is 16.9. The number of halogens is 3. The van der Waals surface area contributed by atoms with E-state index in [1.807, 2.05) is 6.20 Å². The molecule has 3 rings (SSSR count). The number of nitrogens with zero attached hydrogens (tertiary/aromatic N) is 2. The van der Waals surface area contributed by atoms with E-state index in [0.29, 0.717) is 12.1 Å². The number of fused-ring (bicyclic) bond motifs is 1. The topological polar surface area (TPSA) is 46.9 Å². The van der Waals surface area contributed by atoms with Crippen molar-refractivity contribution in [3.8, 4) is 0 Å². The number of carbonyl (C=O) groups excluding carboxylic acids is 1. The highest BCUT2D eigenvalue weighted by molar-refractivity contribution is 8.00. The summed E-state index contributed by atoms with van der Waals surface area (Å²) in [6, 6.07) is 5.37. The Labute approximate surface area is 141 Å². The monoisotopic (exact) mass is 355 g/mol. The Morgan fingerprint density at radius 2 is 2.00 bits per heavy atom. The standard InChI is InChI=1S/C16H16F3N3OS/c17-16(18,19)24-13-6-4-11(5-7-13)15(23)20-9-12-10-22-8-2-1-3-14(22)21-12/h4-7,10H,1-3,8-9H2,(H,20,23). The van der Waals surface area contributed by atoms with Crippen LogP contribution < -0.4 is 5.32 Å². The normalized spacial score (nSPS) is 14.3. The van der Waals surface area contributed by atoms with Crippen molar-refractivity contribution in [3.05, 3.63) is 47.5 Å². The van der Waals surface area contributed by atoms with Crippen LogP contribution in [0.4, 0.5) is 13.2 Å². The maximum Gasteiger partial charge on any atom is 0.446 e. The molecule has 0 spiro atoms. The van der Waals surface area contributed by atoms with Gasteiger partial charge >= 0.3 is 5.51 Å². The molecular formula is C16H16F3N3OS. The zero-order valence-electron chi connectivity index (χ0n) is 12.8. The van der Waals surface area contributed by atoms with Crippen LogP contribution in [0.5, 0.6) is 0 Å². The molecule has 1 N–H and O–H groups in total. The lowest BCUT2D eigenvalue weighted by molar-refractivity contribution is -0.0328. The molecule has 1 aliphatic rings. The minimum absolute atomic E-state index is 0.0563. The van der Waals surface area contributed by atoms with Crippen LogP contribution >= 0.6 is 11.8 Å². The van der Waals surface area contributed by atoms with E-state index in [2.05, 4.69) is 14.9 Å². The number of imidazole rings is 1. The van der Waals surface area contributed by atoms with Crippen LogP contribution in [0.2, 0.25) is 0 Å². The summed E-state index contributed by atoms with van der Waals surface area (Å²) in [4.78, 5) is 16.6. The van der Waals surface area contributed by atoms with E-state index < -0.39 is 5.51 Å². The van der Waals surface area contributed by atoms with Crippen molar-refractivity contribution in [2.75, 3.05) is 0 Å². The van der Waals surface area contributed by atoms with E-state index in [9.17, 15) is 18.0 Å². The third kappa shape index (κ3) is 4.31. The minimum atomic E-state index is -4.33. The van der Waals surface area contributed by atoms with Gasteiger partial charge in [0.1, 0.15) is 5.82 Å². The molecule has 1 amide bonds. The SMILES string of the molecule is O=C(NCc1cn2c(n1)CCCC2)c1ccc(SC(F)(F)F)cc1. The second-order valence-electron chi connectivity index (χ2n) is 5.55. The Hall–Kier alpha value is -1.96. The lowest BCUT2D eigenvalue weighted by atomic mass is 10.2. The third-order valence-electron chi connectivity index (χ3n) is 3.74. The van der Waals surface area contributed by atoms with Crippen LogP contribution in [0.3, 0.4) is 0 Å². The Bertz CT molecular complexity index is 702. The van der Waals surface area contributed by atoms with Gasteiger partial charge in [-0.25, -0.2) is 4.98 Å². The third-order valence-corrected chi connectivity index (χ3v) is 4.48. The molecule has 24 heavy (non-hydrogen) atoms. The highest BCUT2D eigenvalue weighted by Crippen LogP contribution is 2.36. The van der Waals surface area contributed by atoms with Crippen LogP contribution in [-0.2, 0) is 19.5 Å². The van der Waals surface area contributed by atoms with Crippen molar-refractivity contribution in [2.24, 2.45) is 0 Å².